The summed E-state index contributed by atoms with van der Waals surface area (Å²) in [6.07, 6.45) is 15.2. The summed E-state index contributed by atoms with van der Waals surface area (Å²) >= 11 is 0. The lowest BCUT2D eigenvalue weighted by atomic mass is 9.95. The Morgan fingerprint density at radius 3 is 1.49 bits per heavy atom. The lowest BCUT2D eigenvalue weighted by molar-refractivity contribution is -0.385. The molecule has 0 spiro atoms. The molecule has 3 fully saturated rings. The van der Waals surface area contributed by atoms with E-state index in [1.54, 1.807) is 0 Å². The lowest BCUT2D eigenvalue weighted by Crippen LogP contribution is -2.68. The van der Waals surface area contributed by atoms with Crippen LogP contribution >= 0.6 is 7.82 Å². The Bertz CT molecular complexity index is 2280. The molecule has 3 rings (SSSR count). The van der Waals surface area contributed by atoms with Gasteiger partial charge in [0.05, 0.1) is 39.1 Å². The van der Waals surface area contributed by atoms with Crippen molar-refractivity contribution >= 4 is 37.5 Å². The van der Waals surface area contributed by atoms with Crippen molar-refractivity contribution in [1.82, 2.24) is 16.0 Å². The van der Waals surface area contributed by atoms with E-state index in [9.17, 15) is 74.3 Å². The molecule has 0 bridgehead atoms. The second kappa shape index (κ2) is 54.1. The van der Waals surface area contributed by atoms with Crippen LogP contribution in [0.5, 0.6) is 0 Å². The number of carbonyl (C=O) groups is 5. The molecule has 3 amide bonds. The fraction of sp³-hybridized carbons (Fsp3) is 0.871. The van der Waals surface area contributed by atoms with Crippen LogP contribution in [0.1, 0.15) is 240 Å². The Morgan fingerprint density at radius 2 is 0.960 bits per heavy atom. The summed E-state index contributed by atoms with van der Waals surface area (Å²) < 4.78 is 69.7. The second-order valence-corrected chi connectivity index (χ2v) is 27.7. The molecule has 3 saturated heterocycles. The van der Waals surface area contributed by atoms with E-state index >= 15 is 0 Å². The molecule has 3 aliphatic heterocycles. The molecule has 12 N–H and O–H groups in total. The maximum Gasteiger partial charge on any atom is 0.472 e. The van der Waals surface area contributed by atoms with Gasteiger partial charge >= 0.3 is 19.8 Å². The number of aliphatic hydroxyl groups is 8. The highest BCUT2D eigenvalue weighted by Gasteiger charge is 2.54. The quantitative estimate of drug-likeness (QED) is 0.0134. The third-order valence-corrected chi connectivity index (χ3v) is 18.5. The van der Waals surface area contributed by atoms with E-state index < -0.39 is 156 Å². The number of unbranched alkanes of at least 4 members (excludes halogenated alkanes) is 23. The monoisotopic (exact) mass is 1440 g/mol. The largest absolute Gasteiger partial charge is 0.472 e. The molecule has 17 atom stereocenters. The first kappa shape index (κ1) is 89.6. The number of phosphoric acid groups is 1. The summed E-state index contributed by atoms with van der Waals surface area (Å²) in [7, 11) is -4.74. The van der Waals surface area contributed by atoms with Crippen molar-refractivity contribution < 1.29 is 121 Å². The van der Waals surface area contributed by atoms with Gasteiger partial charge in [0, 0.05) is 45.7 Å². The second-order valence-electron chi connectivity index (χ2n) is 26.2. The first-order chi connectivity index (χ1) is 47.7. The summed E-state index contributed by atoms with van der Waals surface area (Å²) in [5.74, 6) is -2.49. The molecule has 0 aromatic heterocycles. The Balaban J connectivity index is 1.42. The zero-order chi connectivity index (χ0) is 72.6. The smallest absolute Gasteiger partial charge is 0.462 e. The van der Waals surface area contributed by atoms with E-state index in [0.29, 0.717) is 25.7 Å². The minimum Gasteiger partial charge on any atom is -0.462 e. The zero-order valence-electron chi connectivity index (χ0n) is 59.5. The predicted molar refractivity (Wildman–Crippen MR) is 366 cm³/mol. The van der Waals surface area contributed by atoms with E-state index in [-0.39, 0.29) is 64.3 Å². The molecule has 0 aromatic carbocycles. The molecule has 99 heavy (non-hydrogen) atoms. The van der Waals surface area contributed by atoms with Gasteiger partial charge in [-0.3, -0.25) is 33.0 Å². The fourth-order valence-electron chi connectivity index (χ4n) is 11.6. The molecular formula is C70H126N3O25P. The first-order valence-electron chi connectivity index (χ1n) is 36.9. The summed E-state index contributed by atoms with van der Waals surface area (Å²) in [6, 6.07) is -1.49. The number of rotatable bonds is 57. The SMILES string of the molecule is CCCCCCCC/C=C/CCCCCCCC(=O)OCC(COP(=O)(O)OCCNC(=O)CCCCC(=O)NCCCO[C@@H]1OC(CO)[C@H](O)[C@H](O[C@@H]2OC(CO)[C@H](O)[C@H](O)C2NC(C)=O)C1O[C@@H]1OC(C)[C@@H](O)[C@H](O)C1O)OC(=O)CCCCCCC/C=C/CCCCCCCC. The van der Waals surface area contributed by atoms with Crippen molar-refractivity contribution in [2.24, 2.45) is 0 Å². The van der Waals surface area contributed by atoms with Crippen molar-refractivity contribution in [3.05, 3.63) is 24.3 Å². The van der Waals surface area contributed by atoms with Crippen LogP contribution in [0.25, 0.3) is 0 Å². The number of hydrogen-bond donors (Lipinski definition) is 12. The molecule has 29 heteroatoms. The predicted octanol–water partition coefficient (Wildman–Crippen LogP) is 6.47. The van der Waals surface area contributed by atoms with Crippen LogP contribution < -0.4 is 16.0 Å². The van der Waals surface area contributed by atoms with Crippen molar-refractivity contribution in [2.75, 3.05) is 52.7 Å². The standard InChI is InChI=1S/C70H126N3O25P/c1-5-7-9-11-13-15-17-19-21-23-25-27-29-31-33-40-57(79)90-48-52(94-58(80)41-34-32-30-28-26-24-22-20-18-16-14-12-10-8-6-2)49-92-99(87,88)91-45-43-72-56(78)39-36-35-38-55(77)71-42-37-44-89-70-67(98-69-65(86)64(85)60(81)50(3)93-69)66(62(83)54(47-75)96-70)97-68-59(73-51(4)76)63(84)61(82)53(46-74)95-68/h19-22,50,52-54,59-70,74-75,81-86H,5-18,23-49H2,1-4H3,(H,71,77)(H,72,78)(H,73,76)(H,87,88)/b21-19+,22-20+/t50?,52?,53?,54?,59?,60-,61+,62+,63-,64+,65?,66+,67?,68+,69+,70-/m1/s1. The molecule has 8 unspecified atom stereocenters. The Hall–Kier alpha value is -3.62. The van der Waals surface area contributed by atoms with Gasteiger partial charge in [0.15, 0.2) is 25.0 Å². The summed E-state index contributed by atoms with van der Waals surface area (Å²) in [4.78, 5) is 73.9. The average molecular weight is 1440 g/mol. The number of amides is 3. The third-order valence-electron chi connectivity index (χ3n) is 17.5. The zero-order valence-corrected chi connectivity index (χ0v) is 60.4. The summed E-state index contributed by atoms with van der Waals surface area (Å²) in [6.45, 7) is 3.69. The summed E-state index contributed by atoms with van der Waals surface area (Å²) in [5, 5.41) is 92.7. The third kappa shape index (κ3) is 38.6. The van der Waals surface area contributed by atoms with Gasteiger partial charge in [-0.2, -0.15) is 0 Å². The van der Waals surface area contributed by atoms with Crippen LogP contribution in [0.4, 0.5) is 0 Å². The molecule has 0 saturated carbocycles. The Morgan fingerprint density at radius 1 is 0.485 bits per heavy atom. The maximum atomic E-state index is 13.0. The number of hydrogen-bond acceptors (Lipinski definition) is 24. The number of phosphoric ester groups is 1. The highest BCUT2D eigenvalue weighted by molar-refractivity contribution is 7.47. The van der Waals surface area contributed by atoms with Crippen molar-refractivity contribution in [2.45, 2.75) is 338 Å². The number of aliphatic hydroxyl groups excluding tert-OH is 8. The van der Waals surface area contributed by atoms with Crippen LogP contribution in [0.3, 0.4) is 0 Å². The van der Waals surface area contributed by atoms with Gasteiger partial charge in [-0.1, -0.05) is 141 Å². The van der Waals surface area contributed by atoms with E-state index in [0.717, 1.165) is 84.0 Å². The molecule has 0 aromatic rings. The van der Waals surface area contributed by atoms with E-state index in [1.807, 2.05) is 0 Å². The minimum absolute atomic E-state index is 0.0139. The number of nitrogens with one attached hydrogen (secondary N) is 3. The fourth-order valence-corrected chi connectivity index (χ4v) is 12.4. The van der Waals surface area contributed by atoms with Gasteiger partial charge in [0.2, 0.25) is 17.7 Å². The van der Waals surface area contributed by atoms with Crippen molar-refractivity contribution in [3.8, 4) is 0 Å². The topological polar surface area (TPSA) is 413 Å². The highest BCUT2D eigenvalue weighted by Crippen LogP contribution is 2.43. The molecule has 3 heterocycles. The van der Waals surface area contributed by atoms with Gasteiger partial charge in [-0.15, -0.1) is 0 Å². The summed E-state index contributed by atoms with van der Waals surface area (Å²) in [5.41, 5.74) is 0. The average Bonchev–Trinajstić information content (AvgIpc) is 0.775. The molecule has 3 aliphatic rings. The molecule has 28 nitrogen and oxygen atoms in total. The van der Waals surface area contributed by atoms with Crippen LogP contribution in [0.2, 0.25) is 0 Å². The number of allylic oxidation sites excluding steroid dienone is 4. The molecular weight excluding hydrogens is 1310 g/mol. The molecule has 576 valence electrons. The van der Waals surface area contributed by atoms with E-state index in [2.05, 4.69) is 54.1 Å². The van der Waals surface area contributed by atoms with Gasteiger partial charge in [0.25, 0.3) is 0 Å². The first-order valence-corrected chi connectivity index (χ1v) is 38.4. The Labute approximate surface area is 587 Å². The van der Waals surface area contributed by atoms with Crippen molar-refractivity contribution in [1.29, 1.82) is 0 Å². The number of ether oxygens (including phenoxy) is 8. The number of carbonyl (C=O) groups excluding carboxylic acids is 5. The van der Waals surface area contributed by atoms with Crippen LogP contribution in [-0.4, -0.2) is 226 Å². The normalized spacial score (nSPS) is 26.7. The minimum atomic E-state index is -4.74. The molecule has 0 radical (unpaired) electrons. The van der Waals surface area contributed by atoms with E-state index in [4.69, 9.17) is 46.9 Å². The highest BCUT2D eigenvalue weighted by atomic mass is 31.2. The van der Waals surface area contributed by atoms with Gasteiger partial charge < -0.3 is 99.6 Å². The van der Waals surface area contributed by atoms with Crippen LogP contribution in [0, 0.1) is 0 Å². The molecule has 0 aliphatic carbocycles. The van der Waals surface area contributed by atoms with Crippen molar-refractivity contribution in [3.63, 3.8) is 0 Å². The van der Waals surface area contributed by atoms with Gasteiger partial charge in [0.1, 0.15) is 73.7 Å². The maximum absolute atomic E-state index is 13.0. The van der Waals surface area contributed by atoms with E-state index in [1.165, 1.54) is 84.0 Å². The van der Waals surface area contributed by atoms with Crippen LogP contribution in [-0.2, 0) is 75.5 Å². The van der Waals surface area contributed by atoms with Crippen LogP contribution in [0.15, 0.2) is 24.3 Å². The van der Waals surface area contributed by atoms with Gasteiger partial charge in [-0.25, -0.2) is 4.57 Å². The Kier molecular flexibility index (Phi) is 48.9. The van der Waals surface area contributed by atoms with Gasteiger partial charge in [-0.05, 0) is 90.4 Å². The number of esters is 2. The lowest BCUT2D eigenvalue weighted by Gasteiger charge is -2.49.